The first kappa shape index (κ1) is 15.1. The van der Waals surface area contributed by atoms with Gasteiger partial charge in [-0.3, -0.25) is 0 Å². The number of nitrogens with one attached hydrogen (secondary N) is 1. The van der Waals surface area contributed by atoms with Crippen LogP contribution in [-0.4, -0.2) is 12.6 Å². The predicted octanol–water partition coefficient (Wildman–Crippen LogP) is 3.92. The molecular formula is C15H23F2N. The number of hydrogen-bond acceptors (Lipinski definition) is 1. The molecule has 0 spiro atoms. The lowest BCUT2D eigenvalue weighted by atomic mass is 9.97. The van der Waals surface area contributed by atoms with Gasteiger partial charge in [-0.1, -0.05) is 20.8 Å². The van der Waals surface area contributed by atoms with E-state index in [0.29, 0.717) is 17.9 Å². The Hall–Kier alpha value is -0.960. The van der Waals surface area contributed by atoms with Crippen LogP contribution in [0.15, 0.2) is 18.2 Å². The summed E-state index contributed by atoms with van der Waals surface area (Å²) in [4.78, 5) is 0. The molecule has 0 aromatic heterocycles. The summed E-state index contributed by atoms with van der Waals surface area (Å²) in [6.45, 7) is 7.29. The molecule has 0 heterocycles. The second-order valence-corrected chi connectivity index (χ2v) is 5.22. The second kappa shape index (κ2) is 7.47. The van der Waals surface area contributed by atoms with Gasteiger partial charge in [-0.05, 0) is 55.5 Å². The molecule has 0 bridgehead atoms. The molecule has 0 aliphatic carbocycles. The van der Waals surface area contributed by atoms with Crippen LogP contribution in [0, 0.1) is 17.6 Å². The largest absolute Gasteiger partial charge is 0.314 e. The van der Waals surface area contributed by atoms with Crippen LogP contribution in [0.4, 0.5) is 8.78 Å². The zero-order valence-corrected chi connectivity index (χ0v) is 11.5. The predicted molar refractivity (Wildman–Crippen MR) is 71.6 cm³/mol. The first-order chi connectivity index (χ1) is 8.52. The Morgan fingerprint density at radius 1 is 1.22 bits per heavy atom. The van der Waals surface area contributed by atoms with Crippen molar-refractivity contribution in [3.63, 3.8) is 0 Å². The minimum atomic E-state index is -0.370. The standard InChI is InChI=1S/C15H23F2N/c1-4-7-18-14(8-11(2)3)10-12-9-13(16)5-6-15(12)17/h5-6,9,11,14,18H,4,7-8,10H2,1-3H3. The summed E-state index contributed by atoms with van der Waals surface area (Å²) in [5, 5.41) is 3.41. The molecule has 0 saturated carbocycles. The first-order valence-corrected chi connectivity index (χ1v) is 6.70. The molecule has 3 heteroatoms. The van der Waals surface area contributed by atoms with Crippen LogP contribution in [0.2, 0.25) is 0 Å². The van der Waals surface area contributed by atoms with E-state index in [1.54, 1.807) is 0 Å². The van der Waals surface area contributed by atoms with E-state index in [0.717, 1.165) is 25.5 Å². The molecule has 0 amide bonds. The van der Waals surface area contributed by atoms with Crippen molar-refractivity contribution in [1.82, 2.24) is 5.32 Å². The molecule has 0 radical (unpaired) electrons. The van der Waals surface area contributed by atoms with Crippen molar-refractivity contribution in [3.05, 3.63) is 35.4 Å². The Labute approximate surface area is 109 Å². The van der Waals surface area contributed by atoms with Crippen LogP contribution in [0.25, 0.3) is 0 Å². The molecule has 102 valence electrons. The lowest BCUT2D eigenvalue weighted by Crippen LogP contribution is -2.33. The van der Waals surface area contributed by atoms with Crippen LogP contribution in [-0.2, 0) is 6.42 Å². The second-order valence-electron chi connectivity index (χ2n) is 5.22. The molecule has 0 aliphatic heterocycles. The van der Waals surface area contributed by atoms with Gasteiger partial charge in [-0.25, -0.2) is 8.78 Å². The maximum atomic E-state index is 13.6. The summed E-state index contributed by atoms with van der Waals surface area (Å²) in [6, 6.07) is 3.88. The third-order valence-electron chi connectivity index (χ3n) is 2.91. The van der Waals surface area contributed by atoms with E-state index in [-0.39, 0.29) is 17.7 Å². The lowest BCUT2D eigenvalue weighted by molar-refractivity contribution is 0.410. The van der Waals surface area contributed by atoms with Crippen molar-refractivity contribution in [2.75, 3.05) is 6.54 Å². The molecule has 1 rings (SSSR count). The van der Waals surface area contributed by atoms with Crippen molar-refractivity contribution in [3.8, 4) is 0 Å². The van der Waals surface area contributed by atoms with Crippen molar-refractivity contribution < 1.29 is 8.78 Å². The summed E-state index contributed by atoms with van der Waals surface area (Å²) < 4.78 is 26.7. The minimum Gasteiger partial charge on any atom is -0.314 e. The van der Waals surface area contributed by atoms with Crippen molar-refractivity contribution >= 4 is 0 Å². The molecule has 18 heavy (non-hydrogen) atoms. The molecular weight excluding hydrogens is 232 g/mol. The third kappa shape index (κ3) is 5.13. The molecule has 1 aromatic carbocycles. The van der Waals surface area contributed by atoms with Gasteiger partial charge in [0.1, 0.15) is 11.6 Å². The Morgan fingerprint density at radius 2 is 1.94 bits per heavy atom. The van der Waals surface area contributed by atoms with Crippen LogP contribution >= 0.6 is 0 Å². The molecule has 1 aromatic rings. The van der Waals surface area contributed by atoms with Gasteiger partial charge in [0.15, 0.2) is 0 Å². The SMILES string of the molecule is CCCNC(Cc1cc(F)ccc1F)CC(C)C. The number of rotatable bonds is 7. The van der Waals surface area contributed by atoms with Gasteiger partial charge in [0.2, 0.25) is 0 Å². The summed E-state index contributed by atoms with van der Waals surface area (Å²) in [5.74, 6) is -0.149. The van der Waals surface area contributed by atoms with Gasteiger partial charge in [0.25, 0.3) is 0 Å². The number of hydrogen-bond donors (Lipinski definition) is 1. The van der Waals surface area contributed by atoms with Crippen molar-refractivity contribution in [2.24, 2.45) is 5.92 Å². The van der Waals surface area contributed by atoms with E-state index >= 15 is 0 Å². The maximum Gasteiger partial charge on any atom is 0.126 e. The highest BCUT2D eigenvalue weighted by Crippen LogP contribution is 2.15. The average Bonchev–Trinajstić information content (AvgIpc) is 2.30. The zero-order valence-electron chi connectivity index (χ0n) is 11.5. The van der Waals surface area contributed by atoms with Gasteiger partial charge in [-0.2, -0.15) is 0 Å². The fourth-order valence-electron chi connectivity index (χ4n) is 2.12. The summed E-state index contributed by atoms with van der Waals surface area (Å²) in [6.07, 6.45) is 2.55. The Kier molecular flexibility index (Phi) is 6.27. The molecule has 0 saturated heterocycles. The smallest absolute Gasteiger partial charge is 0.126 e. The van der Waals surface area contributed by atoms with E-state index in [1.165, 1.54) is 12.1 Å². The van der Waals surface area contributed by atoms with E-state index in [1.807, 2.05) is 0 Å². The first-order valence-electron chi connectivity index (χ1n) is 6.70. The monoisotopic (exact) mass is 255 g/mol. The summed E-state index contributed by atoms with van der Waals surface area (Å²) in [5.41, 5.74) is 0.462. The van der Waals surface area contributed by atoms with Crippen LogP contribution in [0.1, 0.15) is 39.2 Å². The van der Waals surface area contributed by atoms with Gasteiger partial charge >= 0.3 is 0 Å². The highest BCUT2D eigenvalue weighted by Gasteiger charge is 2.14. The minimum absolute atomic E-state index is 0.209. The van der Waals surface area contributed by atoms with E-state index in [9.17, 15) is 8.78 Å². The highest BCUT2D eigenvalue weighted by atomic mass is 19.1. The van der Waals surface area contributed by atoms with Crippen LogP contribution in [0.5, 0.6) is 0 Å². The van der Waals surface area contributed by atoms with Crippen molar-refractivity contribution in [1.29, 1.82) is 0 Å². The Bertz CT molecular complexity index is 364. The molecule has 0 fully saturated rings. The van der Waals surface area contributed by atoms with Gasteiger partial charge < -0.3 is 5.32 Å². The van der Waals surface area contributed by atoms with E-state index in [2.05, 4.69) is 26.1 Å². The normalized spacial score (nSPS) is 13.0. The van der Waals surface area contributed by atoms with Crippen molar-refractivity contribution in [2.45, 2.75) is 46.1 Å². The summed E-state index contributed by atoms with van der Waals surface area (Å²) in [7, 11) is 0. The number of halogens is 2. The molecule has 1 nitrogen and oxygen atoms in total. The molecule has 1 N–H and O–H groups in total. The van der Waals surface area contributed by atoms with Gasteiger partial charge in [0.05, 0.1) is 0 Å². The lowest BCUT2D eigenvalue weighted by Gasteiger charge is -2.21. The quantitative estimate of drug-likeness (QED) is 0.778. The topological polar surface area (TPSA) is 12.0 Å². The van der Waals surface area contributed by atoms with E-state index in [4.69, 9.17) is 0 Å². The molecule has 1 atom stereocenters. The molecule has 1 unspecified atom stereocenters. The molecule has 0 aliphatic rings. The highest BCUT2D eigenvalue weighted by molar-refractivity contribution is 5.19. The van der Waals surface area contributed by atoms with Gasteiger partial charge in [-0.15, -0.1) is 0 Å². The zero-order chi connectivity index (χ0) is 13.5. The fraction of sp³-hybridized carbons (Fsp3) is 0.600. The summed E-state index contributed by atoms with van der Waals surface area (Å²) >= 11 is 0. The average molecular weight is 255 g/mol. The maximum absolute atomic E-state index is 13.6. The number of benzene rings is 1. The Balaban J connectivity index is 2.71. The third-order valence-corrected chi connectivity index (χ3v) is 2.91. The van der Waals surface area contributed by atoms with Crippen LogP contribution in [0.3, 0.4) is 0 Å². The van der Waals surface area contributed by atoms with Crippen LogP contribution < -0.4 is 5.32 Å². The van der Waals surface area contributed by atoms with Gasteiger partial charge in [0, 0.05) is 6.04 Å². The fourth-order valence-corrected chi connectivity index (χ4v) is 2.12. The Morgan fingerprint density at radius 3 is 2.56 bits per heavy atom. The van der Waals surface area contributed by atoms with E-state index < -0.39 is 0 Å².